The van der Waals surface area contributed by atoms with Crippen molar-refractivity contribution >= 4 is 18.3 Å². The summed E-state index contributed by atoms with van der Waals surface area (Å²) in [7, 11) is 1.64. The molecule has 0 unspecified atom stereocenters. The molecule has 1 rings (SSSR count). The summed E-state index contributed by atoms with van der Waals surface area (Å²) in [5.74, 6) is 0.447. The minimum atomic E-state index is -0.297. The third-order valence-electron chi connectivity index (χ3n) is 3.15. The molecule has 17 heavy (non-hydrogen) atoms. The van der Waals surface area contributed by atoms with Gasteiger partial charge in [0.25, 0.3) is 0 Å². The summed E-state index contributed by atoms with van der Waals surface area (Å²) in [6.07, 6.45) is 3.84. The fourth-order valence-corrected chi connectivity index (χ4v) is 2.38. The molecule has 1 aliphatic carbocycles. The number of hydrogen-bond donors (Lipinski definition) is 2. The minimum Gasteiger partial charge on any atom is -0.382 e. The van der Waals surface area contributed by atoms with Gasteiger partial charge in [-0.3, -0.25) is 4.79 Å². The Kier molecular flexibility index (Phi) is 7.05. The van der Waals surface area contributed by atoms with Gasteiger partial charge in [0.05, 0.1) is 12.1 Å². The number of rotatable bonds is 5. The summed E-state index contributed by atoms with van der Waals surface area (Å²) < 4.78 is 5.06. The van der Waals surface area contributed by atoms with Crippen LogP contribution in [0.5, 0.6) is 0 Å². The lowest BCUT2D eigenvalue weighted by Crippen LogP contribution is -2.47. The Labute approximate surface area is 110 Å². The largest absolute Gasteiger partial charge is 0.382 e. The Morgan fingerprint density at radius 1 is 1.47 bits per heavy atom. The normalized spacial score (nSPS) is 24.2. The Balaban J connectivity index is 0.00000256. The SMILES string of the molecule is COCC(C)(C)NC(=O)C[C@@H]1CCC[C@H]1N.Cl. The fourth-order valence-electron chi connectivity index (χ4n) is 2.38. The summed E-state index contributed by atoms with van der Waals surface area (Å²) >= 11 is 0. The molecule has 1 saturated carbocycles. The number of amides is 1. The van der Waals surface area contributed by atoms with Crippen LogP contribution in [0.25, 0.3) is 0 Å². The zero-order valence-corrected chi connectivity index (χ0v) is 11.8. The Bertz CT molecular complexity index is 247. The van der Waals surface area contributed by atoms with Gasteiger partial charge in [-0.15, -0.1) is 12.4 Å². The number of nitrogens with two attached hydrogens (primary N) is 1. The van der Waals surface area contributed by atoms with Gasteiger partial charge in [0.15, 0.2) is 0 Å². The van der Waals surface area contributed by atoms with E-state index in [2.05, 4.69) is 5.32 Å². The number of carbonyl (C=O) groups excluding carboxylic acids is 1. The van der Waals surface area contributed by atoms with E-state index in [1.165, 1.54) is 0 Å². The molecule has 0 saturated heterocycles. The van der Waals surface area contributed by atoms with Crippen molar-refractivity contribution in [3.05, 3.63) is 0 Å². The van der Waals surface area contributed by atoms with Gasteiger partial charge in [0.2, 0.25) is 5.91 Å². The van der Waals surface area contributed by atoms with Crippen LogP contribution in [0.4, 0.5) is 0 Å². The van der Waals surface area contributed by atoms with E-state index in [0.29, 0.717) is 18.9 Å². The topological polar surface area (TPSA) is 64.3 Å². The van der Waals surface area contributed by atoms with E-state index in [9.17, 15) is 4.79 Å². The van der Waals surface area contributed by atoms with Crippen molar-refractivity contribution < 1.29 is 9.53 Å². The van der Waals surface area contributed by atoms with Gasteiger partial charge in [-0.1, -0.05) is 6.42 Å². The first-order valence-corrected chi connectivity index (χ1v) is 6.00. The predicted molar refractivity (Wildman–Crippen MR) is 71.3 cm³/mol. The molecule has 0 aromatic carbocycles. The molecule has 2 atom stereocenters. The number of methoxy groups -OCH3 is 1. The molecule has 0 aliphatic heterocycles. The van der Waals surface area contributed by atoms with E-state index in [1.54, 1.807) is 7.11 Å². The molecule has 0 radical (unpaired) electrons. The van der Waals surface area contributed by atoms with Crippen LogP contribution in [0, 0.1) is 5.92 Å². The molecule has 4 nitrogen and oxygen atoms in total. The monoisotopic (exact) mass is 264 g/mol. The quantitative estimate of drug-likeness (QED) is 0.790. The van der Waals surface area contributed by atoms with Crippen LogP contribution < -0.4 is 11.1 Å². The second-order valence-corrected chi connectivity index (χ2v) is 5.42. The lowest BCUT2D eigenvalue weighted by molar-refractivity contribution is -0.124. The second kappa shape index (κ2) is 7.19. The summed E-state index contributed by atoms with van der Waals surface area (Å²) in [6.45, 7) is 4.45. The van der Waals surface area contributed by atoms with Gasteiger partial charge in [-0.25, -0.2) is 0 Å². The maximum absolute atomic E-state index is 11.8. The second-order valence-electron chi connectivity index (χ2n) is 5.42. The number of nitrogens with one attached hydrogen (secondary N) is 1. The summed E-state index contributed by atoms with van der Waals surface area (Å²) in [5.41, 5.74) is 5.65. The Morgan fingerprint density at radius 2 is 2.12 bits per heavy atom. The van der Waals surface area contributed by atoms with E-state index in [0.717, 1.165) is 19.3 Å². The minimum absolute atomic E-state index is 0. The average molecular weight is 265 g/mol. The van der Waals surface area contributed by atoms with E-state index in [1.807, 2.05) is 13.8 Å². The molecular weight excluding hydrogens is 240 g/mol. The molecule has 1 fully saturated rings. The first kappa shape index (κ1) is 16.7. The molecule has 0 aromatic rings. The number of ether oxygens (including phenoxy) is 1. The molecule has 0 bridgehead atoms. The van der Waals surface area contributed by atoms with E-state index >= 15 is 0 Å². The van der Waals surface area contributed by atoms with Crippen LogP contribution in [0.15, 0.2) is 0 Å². The van der Waals surface area contributed by atoms with Gasteiger partial charge >= 0.3 is 0 Å². The van der Waals surface area contributed by atoms with Gasteiger partial charge in [-0.05, 0) is 32.6 Å². The maximum atomic E-state index is 11.8. The zero-order chi connectivity index (χ0) is 12.2. The molecule has 0 heterocycles. The third kappa shape index (κ3) is 5.70. The van der Waals surface area contributed by atoms with E-state index in [4.69, 9.17) is 10.5 Å². The van der Waals surface area contributed by atoms with E-state index < -0.39 is 0 Å². The van der Waals surface area contributed by atoms with Crippen molar-refractivity contribution in [2.45, 2.75) is 51.1 Å². The first-order chi connectivity index (χ1) is 7.44. The first-order valence-electron chi connectivity index (χ1n) is 6.00. The Hall–Kier alpha value is -0.320. The predicted octanol–water partition coefficient (Wildman–Crippen LogP) is 1.47. The van der Waals surface area contributed by atoms with Crippen molar-refractivity contribution in [2.75, 3.05) is 13.7 Å². The average Bonchev–Trinajstić information content (AvgIpc) is 2.50. The lowest BCUT2D eigenvalue weighted by Gasteiger charge is -2.26. The molecule has 5 heteroatoms. The van der Waals surface area contributed by atoms with Crippen LogP contribution in [0.1, 0.15) is 39.5 Å². The number of carbonyl (C=O) groups is 1. The van der Waals surface area contributed by atoms with Crippen molar-refractivity contribution in [2.24, 2.45) is 11.7 Å². The van der Waals surface area contributed by atoms with Crippen LogP contribution in [-0.2, 0) is 9.53 Å². The summed E-state index contributed by atoms with van der Waals surface area (Å²) in [5, 5.41) is 2.99. The van der Waals surface area contributed by atoms with Crippen molar-refractivity contribution in [3.8, 4) is 0 Å². The highest BCUT2D eigenvalue weighted by atomic mass is 35.5. The van der Waals surface area contributed by atoms with Gasteiger partial charge in [0, 0.05) is 19.6 Å². The van der Waals surface area contributed by atoms with Crippen molar-refractivity contribution in [3.63, 3.8) is 0 Å². The molecule has 1 amide bonds. The van der Waals surface area contributed by atoms with Crippen LogP contribution in [-0.4, -0.2) is 31.2 Å². The van der Waals surface area contributed by atoms with Crippen molar-refractivity contribution in [1.82, 2.24) is 5.32 Å². The number of halogens is 1. The molecule has 3 N–H and O–H groups in total. The molecule has 0 spiro atoms. The van der Waals surface area contributed by atoms with Crippen LogP contribution >= 0.6 is 12.4 Å². The highest BCUT2D eigenvalue weighted by molar-refractivity contribution is 5.85. The van der Waals surface area contributed by atoms with E-state index in [-0.39, 0.29) is 29.9 Å². The molecule has 102 valence electrons. The van der Waals surface area contributed by atoms with Gasteiger partial charge in [0.1, 0.15) is 0 Å². The molecule has 0 aromatic heterocycles. The summed E-state index contributed by atoms with van der Waals surface area (Å²) in [4.78, 5) is 11.8. The zero-order valence-electron chi connectivity index (χ0n) is 11.0. The van der Waals surface area contributed by atoms with Crippen LogP contribution in [0.2, 0.25) is 0 Å². The third-order valence-corrected chi connectivity index (χ3v) is 3.15. The fraction of sp³-hybridized carbons (Fsp3) is 0.917. The van der Waals surface area contributed by atoms with Gasteiger partial charge < -0.3 is 15.8 Å². The molecular formula is C12H25ClN2O2. The number of hydrogen-bond acceptors (Lipinski definition) is 3. The lowest BCUT2D eigenvalue weighted by atomic mass is 9.98. The maximum Gasteiger partial charge on any atom is 0.220 e. The highest BCUT2D eigenvalue weighted by Crippen LogP contribution is 2.26. The smallest absolute Gasteiger partial charge is 0.220 e. The molecule has 1 aliphatic rings. The Morgan fingerprint density at radius 3 is 2.59 bits per heavy atom. The van der Waals surface area contributed by atoms with Crippen molar-refractivity contribution in [1.29, 1.82) is 0 Å². The highest BCUT2D eigenvalue weighted by Gasteiger charge is 2.28. The van der Waals surface area contributed by atoms with Crippen LogP contribution in [0.3, 0.4) is 0 Å². The van der Waals surface area contributed by atoms with Gasteiger partial charge in [-0.2, -0.15) is 0 Å². The summed E-state index contributed by atoms with van der Waals surface area (Å²) in [6, 6.07) is 0.205. The standard InChI is InChI=1S/C12H24N2O2.ClH/c1-12(2,8-16-3)14-11(15)7-9-5-4-6-10(9)13;/h9-10H,4-8,13H2,1-3H3,(H,14,15);1H/t9-,10+;/m0./s1.